The van der Waals surface area contributed by atoms with Crippen LogP contribution in [-0.4, -0.2) is 32.7 Å². The van der Waals surface area contributed by atoms with Crippen LogP contribution in [0.5, 0.6) is 0 Å². The van der Waals surface area contributed by atoms with E-state index >= 15 is 0 Å². The molecule has 0 radical (unpaired) electrons. The van der Waals surface area contributed by atoms with E-state index in [0.29, 0.717) is 13.2 Å². The molecule has 0 aliphatic heterocycles. The molecule has 100 valence electrons. The smallest absolute Gasteiger partial charge is 0.251 e. The van der Waals surface area contributed by atoms with Crippen molar-refractivity contribution in [3.05, 3.63) is 29.3 Å². The zero-order chi connectivity index (χ0) is 13.5. The van der Waals surface area contributed by atoms with Crippen molar-refractivity contribution in [2.24, 2.45) is 0 Å². The van der Waals surface area contributed by atoms with Gasteiger partial charge in [0.15, 0.2) is 0 Å². The molecule has 0 aliphatic rings. The first kappa shape index (κ1) is 14.4. The lowest BCUT2D eigenvalue weighted by Crippen LogP contribution is -2.27. The Hall–Kier alpha value is -1.69. The third-order valence-electron chi connectivity index (χ3n) is 2.25. The van der Waals surface area contributed by atoms with Gasteiger partial charge in [-0.15, -0.1) is 0 Å². The molecular formula is C12H16F2N2O2. The Balaban J connectivity index is 2.82. The van der Waals surface area contributed by atoms with Gasteiger partial charge < -0.3 is 15.4 Å². The number of halogens is 2. The Morgan fingerprint density at radius 3 is 2.44 bits per heavy atom. The zero-order valence-electron chi connectivity index (χ0n) is 10.3. The molecule has 1 aromatic rings. The fraction of sp³-hybridized carbons (Fsp3) is 0.417. The number of hydrogen-bond donors (Lipinski definition) is 2. The molecule has 18 heavy (non-hydrogen) atoms. The van der Waals surface area contributed by atoms with Crippen LogP contribution in [-0.2, 0) is 4.74 Å². The summed E-state index contributed by atoms with van der Waals surface area (Å²) in [6.07, 6.45) is 0. The van der Waals surface area contributed by atoms with Gasteiger partial charge in [-0.1, -0.05) is 0 Å². The molecule has 6 heteroatoms. The van der Waals surface area contributed by atoms with Crippen LogP contribution in [0.15, 0.2) is 12.1 Å². The third kappa shape index (κ3) is 3.66. The zero-order valence-corrected chi connectivity index (χ0v) is 10.3. The lowest BCUT2D eigenvalue weighted by atomic mass is 10.1. The van der Waals surface area contributed by atoms with Crippen molar-refractivity contribution >= 4 is 11.6 Å². The first-order valence-corrected chi connectivity index (χ1v) is 5.60. The summed E-state index contributed by atoms with van der Waals surface area (Å²) in [5, 5.41) is 5.05. The predicted octanol–water partition coefficient (Wildman–Crippen LogP) is 1.77. The minimum atomic E-state index is -0.784. The van der Waals surface area contributed by atoms with Crippen molar-refractivity contribution in [3.8, 4) is 0 Å². The Morgan fingerprint density at radius 1 is 1.33 bits per heavy atom. The number of carbonyl (C=O) groups excluding carboxylic acids is 1. The molecule has 0 fully saturated rings. The van der Waals surface area contributed by atoms with Crippen LogP contribution >= 0.6 is 0 Å². The fourth-order valence-corrected chi connectivity index (χ4v) is 1.42. The standard InChI is InChI=1S/C12H16F2N2O2/c1-3-15-11-9(13)6-8(7-10(11)14)12(17)16-4-5-18-2/h6-7,15H,3-5H2,1-2H3,(H,16,17). The molecule has 0 saturated carbocycles. The monoisotopic (exact) mass is 258 g/mol. The van der Waals surface area contributed by atoms with Crippen LogP contribution in [0.1, 0.15) is 17.3 Å². The number of hydrogen-bond acceptors (Lipinski definition) is 3. The van der Waals surface area contributed by atoms with E-state index in [1.165, 1.54) is 7.11 Å². The minimum absolute atomic E-state index is 0.0530. The highest BCUT2D eigenvalue weighted by atomic mass is 19.1. The molecule has 0 spiro atoms. The van der Waals surface area contributed by atoms with Gasteiger partial charge in [0.25, 0.3) is 5.91 Å². The van der Waals surface area contributed by atoms with Gasteiger partial charge in [0.1, 0.15) is 17.3 Å². The fourth-order valence-electron chi connectivity index (χ4n) is 1.42. The quantitative estimate of drug-likeness (QED) is 0.765. The van der Waals surface area contributed by atoms with Crippen molar-refractivity contribution < 1.29 is 18.3 Å². The van der Waals surface area contributed by atoms with E-state index in [4.69, 9.17) is 4.74 Å². The van der Waals surface area contributed by atoms with E-state index in [-0.39, 0.29) is 17.8 Å². The van der Waals surface area contributed by atoms with E-state index in [1.807, 2.05) is 0 Å². The largest absolute Gasteiger partial charge is 0.383 e. The summed E-state index contributed by atoms with van der Waals surface area (Å²) < 4.78 is 31.8. The first-order chi connectivity index (χ1) is 8.60. The Labute approximate surface area is 104 Å². The van der Waals surface area contributed by atoms with Crippen LogP contribution in [0.2, 0.25) is 0 Å². The highest BCUT2D eigenvalue weighted by Crippen LogP contribution is 2.20. The average molecular weight is 258 g/mol. The number of amides is 1. The molecule has 0 bridgehead atoms. The molecule has 4 nitrogen and oxygen atoms in total. The normalized spacial score (nSPS) is 10.2. The van der Waals surface area contributed by atoms with Crippen LogP contribution in [0.3, 0.4) is 0 Å². The van der Waals surface area contributed by atoms with E-state index in [1.54, 1.807) is 6.92 Å². The van der Waals surface area contributed by atoms with E-state index in [0.717, 1.165) is 12.1 Å². The van der Waals surface area contributed by atoms with E-state index in [2.05, 4.69) is 10.6 Å². The lowest BCUT2D eigenvalue weighted by Gasteiger charge is -2.09. The van der Waals surface area contributed by atoms with Crippen LogP contribution in [0, 0.1) is 11.6 Å². The van der Waals surface area contributed by atoms with Gasteiger partial charge in [0.05, 0.1) is 6.61 Å². The van der Waals surface area contributed by atoms with Gasteiger partial charge in [0, 0.05) is 25.8 Å². The summed E-state index contributed by atoms with van der Waals surface area (Å²) in [6.45, 7) is 2.75. The molecule has 0 saturated heterocycles. The number of benzene rings is 1. The predicted molar refractivity (Wildman–Crippen MR) is 64.7 cm³/mol. The van der Waals surface area contributed by atoms with E-state index in [9.17, 15) is 13.6 Å². The molecule has 1 aromatic carbocycles. The van der Waals surface area contributed by atoms with Crippen molar-refractivity contribution in [2.45, 2.75) is 6.92 Å². The molecule has 1 rings (SSSR count). The molecular weight excluding hydrogens is 242 g/mol. The second-order valence-corrected chi connectivity index (χ2v) is 3.59. The molecule has 2 N–H and O–H groups in total. The van der Waals surface area contributed by atoms with Gasteiger partial charge in [-0.2, -0.15) is 0 Å². The number of ether oxygens (including phenoxy) is 1. The number of carbonyl (C=O) groups is 1. The first-order valence-electron chi connectivity index (χ1n) is 5.60. The Kier molecular flexibility index (Phi) is 5.51. The summed E-state index contributed by atoms with van der Waals surface area (Å²) in [7, 11) is 1.50. The average Bonchev–Trinajstić information content (AvgIpc) is 2.33. The Bertz CT molecular complexity index is 402. The molecule has 1 amide bonds. The Morgan fingerprint density at radius 2 is 1.94 bits per heavy atom. The summed E-state index contributed by atoms with van der Waals surface area (Å²) in [5.41, 5.74) is -0.270. The van der Waals surface area contributed by atoms with Crippen molar-refractivity contribution in [1.82, 2.24) is 5.32 Å². The van der Waals surface area contributed by atoms with Crippen molar-refractivity contribution in [1.29, 1.82) is 0 Å². The SMILES string of the molecule is CCNc1c(F)cc(C(=O)NCCOC)cc1F. The van der Waals surface area contributed by atoms with Gasteiger partial charge in [-0.3, -0.25) is 4.79 Å². The van der Waals surface area contributed by atoms with Gasteiger partial charge >= 0.3 is 0 Å². The van der Waals surface area contributed by atoms with Gasteiger partial charge in [-0.05, 0) is 19.1 Å². The molecule has 0 aromatic heterocycles. The number of methoxy groups -OCH3 is 1. The molecule has 0 heterocycles. The van der Waals surface area contributed by atoms with Crippen molar-refractivity contribution in [3.63, 3.8) is 0 Å². The summed E-state index contributed by atoms with van der Waals surface area (Å²) >= 11 is 0. The van der Waals surface area contributed by atoms with Crippen LogP contribution in [0.25, 0.3) is 0 Å². The van der Waals surface area contributed by atoms with Crippen LogP contribution < -0.4 is 10.6 Å². The molecule has 0 atom stereocenters. The topological polar surface area (TPSA) is 50.4 Å². The van der Waals surface area contributed by atoms with E-state index < -0.39 is 17.5 Å². The molecule has 0 aliphatic carbocycles. The summed E-state index contributed by atoms with van der Waals surface area (Å²) in [4.78, 5) is 11.6. The maximum absolute atomic E-state index is 13.5. The number of nitrogens with one attached hydrogen (secondary N) is 2. The second-order valence-electron chi connectivity index (χ2n) is 3.59. The number of rotatable bonds is 6. The summed E-state index contributed by atoms with van der Waals surface area (Å²) in [6, 6.07) is 2.01. The maximum Gasteiger partial charge on any atom is 0.251 e. The number of anilines is 1. The lowest BCUT2D eigenvalue weighted by molar-refractivity contribution is 0.0936. The van der Waals surface area contributed by atoms with Crippen molar-refractivity contribution in [2.75, 3.05) is 32.1 Å². The van der Waals surface area contributed by atoms with Gasteiger partial charge in [0.2, 0.25) is 0 Å². The highest BCUT2D eigenvalue weighted by Gasteiger charge is 2.14. The maximum atomic E-state index is 13.5. The van der Waals surface area contributed by atoms with Gasteiger partial charge in [-0.25, -0.2) is 8.78 Å². The third-order valence-corrected chi connectivity index (χ3v) is 2.25. The highest BCUT2D eigenvalue weighted by molar-refractivity contribution is 5.94. The second kappa shape index (κ2) is 6.90. The van der Waals surface area contributed by atoms with Crippen LogP contribution in [0.4, 0.5) is 14.5 Å². The summed E-state index contributed by atoms with van der Waals surface area (Å²) in [5.74, 6) is -2.10. The minimum Gasteiger partial charge on any atom is -0.383 e. The molecule has 0 unspecified atom stereocenters.